The number of carbonyl (C=O) groups excluding carboxylic acids is 2. The monoisotopic (exact) mass is 381 g/mol. The van der Waals surface area contributed by atoms with Crippen molar-refractivity contribution in [3.63, 3.8) is 0 Å². The molecule has 0 unspecified atom stereocenters. The van der Waals surface area contributed by atoms with E-state index in [4.69, 9.17) is 10.00 Å². The van der Waals surface area contributed by atoms with E-state index in [1.165, 1.54) is 7.11 Å². The highest BCUT2D eigenvalue weighted by molar-refractivity contribution is 5.93. The molecule has 0 saturated heterocycles. The van der Waals surface area contributed by atoms with Gasteiger partial charge in [-0.1, -0.05) is 6.92 Å². The number of aromatic nitrogens is 2. The van der Waals surface area contributed by atoms with Crippen LogP contribution in [-0.4, -0.2) is 28.9 Å². The average molecular weight is 381 g/mol. The van der Waals surface area contributed by atoms with Gasteiger partial charge in [-0.3, -0.25) is 4.68 Å². The van der Waals surface area contributed by atoms with Gasteiger partial charge in [-0.25, -0.2) is 9.59 Å². The van der Waals surface area contributed by atoms with E-state index in [-0.39, 0.29) is 6.54 Å². The van der Waals surface area contributed by atoms with Crippen molar-refractivity contribution in [3.05, 3.63) is 46.3 Å². The number of urea groups is 1. The molecule has 8 nitrogen and oxygen atoms in total. The number of ether oxygens (including phenoxy) is 1. The van der Waals surface area contributed by atoms with Crippen LogP contribution in [0.5, 0.6) is 0 Å². The van der Waals surface area contributed by atoms with Gasteiger partial charge in [-0.2, -0.15) is 10.4 Å². The molecule has 0 bridgehead atoms. The summed E-state index contributed by atoms with van der Waals surface area (Å²) in [5.74, 6) is -0.430. The minimum absolute atomic E-state index is 0.119. The SMILES string of the molecule is CCc1cc(C#N)ccc1NC(=O)NCc1nn2c(c1C(=O)OC)CCCC2. The van der Waals surface area contributed by atoms with Crippen LogP contribution in [0, 0.1) is 11.3 Å². The number of methoxy groups -OCH3 is 1. The number of fused-ring (bicyclic) bond motifs is 1. The van der Waals surface area contributed by atoms with Gasteiger partial charge in [0.05, 0.1) is 36.7 Å². The average Bonchev–Trinajstić information content (AvgIpc) is 3.10. The van der Waals surface area contributed by atoms with E-state index < -0.39 is 12.0 Å². The van der Waals surface area contributed by atoms with E-state index in [0.29, 0.717) is 28.9 Å². The third-order valence-corrected chi connectivity index (χ3v) is 4.83. The number of benzene rings is 1. The largest absolute Gasteiger partial charge is 0.465 e. The summed E-state index contributed by atoms with van der Waals surface area (Å²) >= 11 is 0. The zero-order chi connectivity index (χ0) is 20.1. The van der Waals surface area contributed by atoms with E-state index in [0.717, 1.165) is 37.1 Å². The lowest BCUT2D eigenvalue weighted by molar-refractivity contribution is 0.0597. The van der Waals surface area contributed by atoms with Crippen LogP contribution < -0.4 is 10.6 Å². The van der Waals surface area contributed by atoms with Gasteiger partial charge >= 0.3 is 12.0 Å². The second-order valence-corrected chi connectivity index (χ2v) is 6.59. The maximum absolute atomic E-state index is 12.4. The molecule has 0 fully saturated rings. The number of nitrogens with zero attached hydrogens (tertiary/aromatic N) is 3. The second-order valence-electron chi connectivity index (χ2n) is 6.59. The van der Waals surface area contributed by atoms with Crippen molar-refractivity contribution < 1.29 is 14.3 Å². The van der Waals surface area contributed by atoms with Gasteiger partial charge in [0, 0.05) is 12.2 Å². The van der Waals surface area contributed by atoms with E-state index in [2.05, 4.69) is 21.8 Å². The second kappa shape index (κ2) is 8.57. The van der Waals surface area contributed by atoms with Crippen LogP contribution in [0.15, 0.2) is 18.2 Å². The van der Waals surface area contributed by atoms with Crippen molar-refractivity contribution in [3.8, 4) is 6.07 Å². The predicted octanol–water partition coefficient (Wildman–Crippen LogP) is 2.76. The Morgan fingerprint density at radius 1 is 1.36 bits per heavy atom. The van der Waals surface area contributed by atoms with Crippen LogP contribution in [-0.2, 0) is 30.7 Å². The van der Waals surface area contributed by atoms with Crippen molar-refractivity contribution in [1.29, 1.82) is 5.26 Å². The van der Waals surface area contributed by atoms with Crippen LogP contribution in [0.1, 0.15) is 52.6 Å². The Morgan fingerprint density at radius 3 is 2.89 bits per heavy atom. The molecule has 3 rings (SSSR count). The molecule has 28 heavy (non-hydrogen) atoms. The molecule has 146 valence electrons. The number of nitriles is 1. The highest BCUT2D eigenvalue weighted by atomic mass is 16.5. The van der Waals surface area contributed by atoms with Gasteiger partial charge in [-0.15, -0.1) is 0 Å². The molecule has 2 heterocycles. The first-order valence-electron chi connectivity index (χ1n) is 9.32. The topological polar surface area (TPSA) is 109 Å². The zero-order valence-electron chi connectivity index (χ0n) is 16.0. The van der Waals surface area contributed by atoms with Crippen molar-refractivity contribution in [2.75, 3.05) is 12.4 Å². The van der Waals surface area contributed by atoms with Crippen LogP contribution in [0.4, 0.5) is 10.5 Å². The molecule has 8 heteroatoms. The van der Waals surface area contributed by atoms with Crippen molar-refractivity contribution in [2.24, 2.45) is 0 Å². The number of carbonyl (C=O) groups is 2. The summed E-state index contributed by atoms with van der Waals surface area (Å²) in [6, 6.07) is 6.82. The molecule has 2 N–H and O–H groups in total. The van der Waals surface area contributed by atoms with Gasteiger partial charge in [-0.05, 0) is 49.4 Å². The van der Waals surface area contributed by atoms with Crippen LogP contribution >= 0.6 is 0 Å². The molecule has 1 aliphatic rings. The van der Waals surface area contributed by atoms with Gasteiger partial charge < -0.3 is 15.4 Å². The molecular formula is C20H23N5O3. The number of esters is 1. The highest BCUT2D eigenvalue weighted by Gasteiger charge is 2.26. The molecule has 2 aromatic rings. The third-order valence-electron chi connectivity index (χ3n) is 4.83. The van der Waals surface area contributed by atoms with Gasteiger partial charge in [0.15, 0.2) is 0 Å². The maximum Gasteiger partial charge on any atom is 0.341 e. The Morgan fingerprint density at radius 2 is 2.18 bits per heavy atom. The predicted molar refractivity (Wildman–Crippen MR) is 103 cm³/mol. The fourth-order valence-corrected chi connectivity index (χ4v) is 3.41. The summed E-state index contributed by atoms with van der Waals surface area (Å²) in [5, 5.41) is 19.1. The molecule has 0 saturated carbocycles. The summed E-state index contributed by atoms with van der Waals surface area (Å²) in [7, 11) is 1.34. The fourth-order valence-electron chi connectivity index (χ4n) is 3.41. The standard InChI is InChI=1S/C20H23N5O3/c1-3-14-10-13(11-21)7-8-15(14)23-20(27)22-12-16-18(19(26)28-2)17-6-4-5-9-25(17)24-16/h7-8,10H,3-6,9,12H2,1-2H3,(H2,22,23,27). The molecule has 2 amide bonds. The Balaban J connectivity index is 1.72. The van der Waals surface area contributed by atoms with Crippen molar-refractivity contribution in [1.82, 2.24) is 15.1 Å². The summed E-state index contributed by atoms with van der Waals surface area (Å²) in [5.41, 5.74) is 3.91. The Kier molecular flexibility index (Phi) is 5.94. The number of rotatable bonds is 5. The number of hydrogen-bond donors (Lipinski definition) is 2. The molecule has 0 atom stereocenters. The first-order valence-corrected chi connectivity index (χ1v) is 9.32. The summed E-state index contributed by atoms with van der Waals surface area (Å²) in [4.78, 5) is 24.6. The fraction of sp³-hybridized carbons (Fsp3) is 0.400. The number of hydrogen-bond acceptors (Lipinski definition) is 5. The van der Waals surface area contributed by atoms with Gasteiger partial charge in [0.2, 0.25) is 0 Å². The normalized spacial score (nSPS) is 12.6. The van der Waals surface area contributed by atoms with Gasteiger partial charge in [0.25, 0.3) is 0 Å². The van der Waals surface area contributed by atoms with Crippen LogP contribution in [0.25, 0.3) is 0 Å². The molecule has 0 radical (unpaired) electrons. The molecular weight excluding hydrogens is 358 g/mol. The molecule has 0 aliphatic carbocycles. The first kappa shape index (κ1) is 19.4. The highest BCUT2D eigenvalue weighted by Crippen LogP contribution is 2.23. The summed E-state index contributed by atoms with van der Waals surface area (Å²) in [6.07, 6.45) is 3.47. The summed E-state index contributed by atoms with van der Waals surface area (Å²) in [6.45, 7) is 2.84. The van der Waals surface area contributed by atoms with E-state index in [1.54, 1.807) is 18.2 Å². The first-order chi connectivity index (χ1) is 13.6. The van der Waals surface area contributed by atoms with E-state index in [1.807, 2.05) is 11.6 Å². The van der Waals surface area contributed by atoms with Crippen molar-refractivity contribution in [2.45, 2.75) is 45.7 Å². The lowest BCUT2D eigenvalue weighted by Gasteiger charge is -2.13. The molecule has 1 aromatic heterocycles. The number of nitrogens with one attached hydrogen (secondary N) is 2. The molecule has 0 spiro atoms. The smallest absolute Gasteiger partial charge is 0.341 e. The minimum atomic E-state index is -0.430. The Hall–Kier alpha value is -3.34. The Bertz CT molecular complexity index is 942. The molecule has 1 aromatic carbocycles. The lowest BCUT2D eigenvalue weighted by atomic mass is 10.0. The van der Waals surface area contributed by atoms with Gasteiger partial charge in [0.1, 0.15) is 5.56 Å². The van der Waals surface area contributed by atoms with Crippen molar-refractivity contribution >= 4 is 17.7 Å². The lowest BCUT2D eigenvalue weighted by Crippen LogP contribution is -2.29. The zero-order valence-corrected chi connectivity index (χ0v) is 16.0. The van der Waals surface area contributed by atoms with E-state index >= 15 is 0 Å². The quantitative estimate of drug-likeness (QED) is 0.774. The number of amides is 2. The minimum Gasteiger partial charge on any atom is -0.465 e. The summed E-state index contributed by atoms with van der Waals surface area (Å²) < 4.78 is 6.74. The number of anilines is 1. The van der Waals surface area contributed by atoms with Crippen LogP contribution in [0.2, 0.25) is 0 Å². The van der Waals surface area contributed by atoms with E-state index in [9.17, 15) is 9.59 Å². The maximum atomic E-state index is 12.4. The molecule has 1 aliphatic heterocycles. The number of aryl methyl sites for hydroxylation is 2. The Labute approximate surface area is 163 Å². The van der Waals surface area contributed by atoms with Crippen LogP contribution in [0.3, 0.4) is 0 Å². The third kappa shape index (κ3) is 3.98.